The molecule has 1 saturated heterocycles. The van der Waals surface area contributed by atoms with Crippen LogP contribution in [0, 0.1) is 12.8 Å². The van der Waals surface area contributed by atoms with Crippen LogP contribution in [0.3, 0.4) is 0 Å². The van der Waals surface area contributed by atoms with Gasteiger partial charge in [-0.15, -0.1) is 0 Å². The molecular formula is C14H18ClNO3S. The van der Waals surface area contributed by atoms with Crippen LogP contribution in [0.4, 0.5) is 5.69 Å². The Hall–Kier alpha value is -1.07. The van der Waals surface area contributed by atoms with Crippen molar-refractivity contribution in [3.8, 4) is 0 Å². The van der Waals surface area contributed by atoms with Gasteiger partial charge in [0.25, 0.3) is 0 Å². The van der Waals surface area contributed by atoms with E-state index in [0.717, 1.165) is 12.0 Å². The van der Waals surface area contributed by atoms with E-state index in [0.29, 0.717) is 17.1 Å². The minimum absolute atomic E-state index is 0.0744. The first kappa shape index (κ1) is 15.3. The van der Waals surface area contributed by atoms with E-state index in [2.05, 4.69) is 5.32 Å². The first-order chi connectivity index (χ1) is 9.35. The Kier molecular flexibility index (Phi) is 4.70. The van der Waals surface area contributed by atoms with E-state index >= 15 is 0 Å². The van der Waals surface area contributed by atoms with Gasteiger partial charge in [0.1, 0.15) is 0 Å². The molecule has 2 rings (SSSR count). The van der Waals surface area contributed by atoms with Gasteiger partial charge in [0, 0.05) is 17.1 Å². The number of rotatable bonds is 3. The Morgan fingerprint density at radius 3 is 2.85 bits per heavy atom. The van der Waals surface area contributed by atoms with E-state index in [4.69, 9.17) is 11.6 Å². The van der Waals surface area contributed by atoms with Crippen LogP contribution < -0.4 is 5.32 Å². The molecule has 0 spiro atoms. The molecule has 0 saturated carbocycles. The van der Waals surface area contributed by atoms with Crippen LogP contribution in [0.1, 0.15) is 24.8 Å². The minimum atomic E-state index is -2.96. The van der Waals surface area contributed by atoms with E-state index < -0.39 is 9.84 Å². The number of carbonyl (C=O) groups is 1. The van der Waals surface area contributed by atoms with Crippen LogP contribution in [0.25, 0.3) is 0 Å². The molecule has 0 aromatic heterocycles. The number of benzene rings is 1. The molecule has 6 heteroatoms. The number of nitrogens with one attached hydrogen (secondary N) is 1. The summed E-state index contributed by atoms with van der Waals surface area (Å²) in [6.07, 6.45) is 1.68. The maximum absolute atomic E-state index is 11.9. The van der Waals surface area contributed by atoms with Gasteiger partial charge in [-0.2, -0.15) is 0 Å². The van der Waals surface area contributed by atoms with Crippen LogP contribution in [0.15, 0.2) is 18.2 Å². The molecule has 1 atom stereocenters. The highest BCUT2D eigenvalue weighted by Gasteiger charge is 2.26. The molecule has 1 aromatic rings. The minimum Gasteiger partial charge on any atom is -0.326 e. The zero-order valence-electron chi connectivity index (χ0n) is 11.4. The first-order valence-corrected chi connectivity index (χ1v) is 8.82. The Labute approximate surface area is 124 Å². The van der Waals surface area contributed by atoms with E-state index in [1.165, 1.54) is 0 Å². The second kappa shape index (κ2) is 6.14. The fourth-order valence-electron chi connectivity index (χ4n) is 2.42. The lowest BCUT2D eigenvalue weighted by Gasteiger charge is -2.21. The number of amides is 1. The summed E-state index contributed by atoms with van der Waals surface area (Å²) >= 11 is 6.00. The number of hydrogen-bond acceptors (Lipinski definition) is 3. The number of carbonyl (C=O) groups excluding carboxylic acids is 1. The van der Waals surface area contributed by atoms with Gasteiger partial charge in [-0.25, -0.2) is 8.42 Å². The molecule has 1 fully saturated rings. The van der Waals surface area contributed by atoms with Crippen LogP contribution in [0.5, 0.6) is 0 Å². The molecule has 1 N–H and O–H groups in total. The molecule has 1 unspecified atom stereocenters. The summed E-state index contributed by atoms with van der Waals surface area (Å²) < 4.78 is 23.1. The summed E-state index contributed by atoms with van der Waals surface area (Å²) in [5.74, 6) is 0.134. The van der Waals surface area contributed by atoms with Crippen molar-refractivity contribution in [2.24, 2.45) is 5.92 Å². The van der Waals surface area contributed by atoms with Crippen molar-refractivity contribution >= 4 is 33.0 Å². The highest BCUT2D eigenvalue weighted by atomic mass is 35.5. The second-order valence-corrected chi connectivity index (χ2v) is 7.97. The SMILES string of the molecule is Cc1ccc(NC(=O)CC2CCCS(=O)(=O)C2)cc1Cl. The van der Waals surface area contributed by atoms with Crippen molar-refractivity contribution in [3.63, 3.8) is 0 Å². The Morgan fingerprint density at radius 2 is 2.20 bits per heavy atom. The summed E-state index contributed by atoms with van der Waals surface area (Å²) in [6.45, 7) is 1.89. The lowest BCUT2D eigenvalue weighted by Crippen LogP contribution is -2.28. The summed E-state index contributed by atoms with van der Waals surface area (Å²) in [6, 6.07) is 5.33. The lowest BCUT2D eigenvalue weighted by molar-refractivity contribution is -0.117. The van der Waals surface area contributed by atoms with E-state index in [9.17, 15) is 13.2 Å². The maximum atomic E-state index is 11.9. The van der Waals surface area contributed by atoms with E-state index in [1.807, 2.05) is 13.0 Å². The standard InChI is InChI=1S/C14H18ClNO3S/c1-10-4-5-12(8-13(10)15)16-14(17)7-11-3-2-6-20(18,19)9-11/h4-5,8,11H,2-3,6-7,9H2,1H3,(H,16,17). The van der Waals surface area contributed by atoms with Gasteiger partial charge >= 0.3 is 0 Å². The maximum Gasteiger partial charge on any atom is 0.224 e. The van der Waals surface area contributed by atoms with Gasteiger partial charge in [-0.05, 0) is 43.4 Å². The Balaban J connectivity index is 1.93. The Morgan fingerprint density at radius 1 is 1.45 bits per heavy atom. The zero-order chi connectivity index (χ0) is 14.8. The van der Waals surface area contributed by atoms with Crippen LogP contribution >= 0.6 is 11.6 Å². The monoisotopic (exact) mass is 315 g/mol. The highest BCUT2D eigenvalue weighted by Crippen LogP contribution is 2.23. The number of halogens is 1. The summed E-state index contributed by atoms with van der Waals surface area (Å²) in [7, 11) is -2.96. The predicted molar refractivity (Wildman–Crippen MR) is 80.8 cm³/mol. The third-order valence-corrected chi connectivity index (χ3v) is 5.78. The van der Waals surface area contributed by atoms with Gasteiger partial charge in [0.2, 0.25) is 5.91 Å². The number of sulfone groups is 1. The molecule has 1 aliphatic heterocycles. The van der Waals surface area contributed by atoms with E-state index in [-0.39, 0.29) is 29.8 Å². The van der Waals surface area contributed by atoms with Crippen molar-refractivity contribution in [2.75, 3.05) is 16.8 Å². The summed E-state index contributed by atoms with van der Waals surface area (Å²) in [5.41, 5.74) is 1.59. The van der Waals surface area contributed by atoms with Crippen molar-refractivity contribution < 1.29 is 13.2 Å². The number of anilines is 1. The first-order valence-electron chi connectivity index (χ1n) is 6.62. The Bertz CT molecular complexity index is 613. The molecule has 20 heavy (non-hydrogen) atoms. The average molecular weight is 316 g/mol. The number of hydrogen-bond donors (Lipinski definition) is 1. The molecule has 4 nitrogen and oxygen atoms in total. The molecule has 0 aliphatic carbocycles. The molecule has 110 valence electrons. The number of aryl methyl sites for hydroxylation is 1. The molecule has 1 aliphatic rings. The third kappa shape index (κ3) is 4.21. The molecule has 1 heterocycles. The second-order valence-electron chi connectivity index (χ2n) is 5.34. The smallest absolute Gasteiger partial charge is 0.224 e. The largest absolute Gasteiger partial charge is 0.326 e. The van der Waals surface area contributed by atoms with Gasteiger partial charge < -0.3 is 5.32 Å². The van der Waals surface area contributed by atoms with Gasteiger partial charge in [0.05, 0.1) is 11.5 Å². The topological polar surface area (TPSA) is 63.2 Å². The highest BCUT2D eigenvalue weighted by molar-refractivity contribution is 7.91. The van der Waals surface area contributed by atoms with Crippen molar-refractivity contribution in [2.45, 2.75) is 26.2 Å². The fraction of sp³-hybridized carbons (Fsp3) is 0.500. The van der Waals surface area contributed by atoms with Gasteiger partial charge in [-0.3, -0.25) is 4.79 Å². The van der Waals surface area contributed by atoms with Gasteiger partial charge in [0.15, 0.2) is 9.84 Å². The van der Waals surface area contributed by atoms with Crippen molar-refractivity contribution in [3.05, 3.63) is 28.8 Å². The molecule has 0 radical (unpaired) electrons. The predicted octanol–water partition coefficient (Wildman–Crippen LogP) is 2.80. The fourth-order valence-corrected chi connectivity index (χ4v) is 4.38. The molecule has 1 aromatic carbocycles. The average Bonchev–Trinajstić information content (AvgIpc) is 2.32. The van der Waals surface area contributed by atoms with Crippen molar-refractivity contribution in [1.29, 1.82) is 0 Å². The summed E-state index contributed by atoms with van der Waals surface area (Å²) in [5, 5.41) is 3.37. The van der Waals surface area contributed by atoms with Gasteiger partial charge in [-0.1, -0.05) is 17.7 Å². The third-order valence-electron chi connectivity index (χ3n) is 3.49. The molecule has 0 bridgehead atoms. The van der Waals surface area contributed by atoms with Crippen LogP contribution in [-0.2, 0) is 14.6 Å². The molecule has 1 amide bonds. The normalized spacial score (nSPS) is 21.4. The van der Waals surface area contributed by atoms with Crippen molar-refractivity contribution in [1.82, 2.24) is 0 Å². The lowest BCUT2D eigenvalue weighted by atomic mass is 10.0. The van der Waals surface area contributed by atoms with Crippen LogP contribution in [-0.4, -0.2) is 25.8 Å². The van der Waals surface area contributed by atoms with E-state index in [1.54, 1.807) is 12.1 Å². The molecular weight excluding hydrogens is 298 g/mol. The zero-order valence-corrected chi connectivity index (χ0v) is 12.9. The van der Waals surface area contributed by atoms with Crippen LogP contribution in [0.2, 0.25) is 5.02 Å². The summed E-state index contributed by atoms with van der Waals surface area (Å²) in [4.78, 5) is 11.9. The quantitative estimate of drug-likeness (QED) is 0.933.